The Morgan fingerprint density at radius 3 is 2.06 bits per heavy atom. The number of aromatic carboxylic acids is 2. The van der Waals surface area contributed by atoms with Gasteiger partial charge in [-0.2, -0.15) is 0 Å². The topological polar surface area (TPSA) is 142 Å². The Labute approximate surface area is 188 Å². The molecule has 0 heterocycles. The highest BCUT2D eigenvalue weighted by Gasteiger charge is 2.24. The average molecular weight is 448 g/mol. The molecule has 1 saturated carbocycles. The fraction of sp³-hybridized carbons (Fsp3) is 0.167. The summed E-state index contributed by atoms with van der Waals surface area (Å²) in [6.07, 6.45) is 1.87. The summed E-state index contributed by atoms with van der Waals surface area (Å²) in [6.45, 7) is -0.271. The lowest BCUT2D eigenvalue weighted by molar-refractivity contribution is -0.123. The molecule has 168 valence electrons. The first-order chi connectivity index (χ1) is 15.8. The molecule has 2 amide bonds. The predicted molar refractivity (Wildman–Crippen MR) is 119 cm³/mol. The van der Waals surface area contributed by atoms with Crippen molar-refractivity contribution in [3.63, 3.8) is 0 Å². The molecule has 0 aromatic heterocycles. The van der Waals surface area contributed by atoms with Crippen molar-refractivity contribution in [1.82, 2.24) is 5.32 Å². The number of benzene rings is 3. The summed E-state index contributed by atoms with van der Waals surface area (Å²) >= 11 is 0. The Hall–Kier alpha value is -4.40. The molecule has 0 aliphatic heterocycles. The highest BCUT2D eigenvalue weighted by atomic mass is 16.5. The predicted octanol–water partition coefficient (Wildman–Crippen LogP) is 3.15. The summed E-state index contributed by atoms with van der Waals surface area (Å²) in [5.41, 5.74) is -0.442. The minimum Gasteiger partial charge on any atom is -0.483 e. The van der Waals surface area contributed by atoms with Crippen LogP contribution in [0.5, 0.6) is 5.75 Å². The molecule has 33 heavy (non-hydrogen) atoms. The molecule has 1 fully saturated rings. The Morgan fingerprint density at radius 2 is 1.48 bits per heavy atom. The second-order valence-corrected chi connectivity index (χ2v) is 7.69. The zero-order chi connectivity index (χ0) is 23.5. The molecule has 0 unspecified atom stereocenters. The fourth-order valence-corrected chi connectivity index (χ4v) is 3.30. The molecule has 1 aliphatic rings. The molecule has 0 spiro atoms. The van der Waals surface area contributed by atoms with E-state index in [0.29, 0.717) is 0 Å². The number of amides is 2. The second kappa shape index (κ2) is 8.99. The Kier molecular flexibility index (Phi) is 5.95. The number of ether oxygens (including phenoxy) is 1. The standard InChI is InChI=1S/C24H20N2O7/c27-21(25-17-5-6-17)12-33-20-11-14-4-2-1-3-13(14)10-19(20)22(28)26-18-8-15(23(29)30)7-16(9-18)24(31)32/h1-4,7-11,17H,5-6,12H2,(H,25,27)(H,26,28)(H,29,30)(H,31,32). The van der Waals surface area contributed by atoms with E-state index in [1.165, 1.54) is 0 Å². The van der Waals surface area contributed by atoms with Crippen LogP contribution in [0, 0.1) is 0 Å². The minimum atomic E-state index is -1.33. The van der Waals surface area contributed by atoms with Crippen LogP contribution in [0.2, 0.25) is 0 Å². The zero-order valence-electron chi connectivity index (χ0n) is 17.3. The molecule has 0 atom stereocenters. The van der Waals surface area contributed by atoms with Crippen molar-refractivity contribution in [2.45, 2.75) is 18.9 Å². The minimum absolute atomic E-state index is 0.00267. The van der Waals surface area contributed by atoms with Gasteiger partial charge in [0.25, 0.3) is 11.8 Å². The number of hydrogen-bond donors (Lipinski definition) is 4. The van der Waals surface area contributed by atoms with Gasteiger partial charge < -0.3 is 25.6 Å². The lowest BCUT2D eigenvalue weighted by Crippen LogP contribution is -2.30. The number of rotatable bonds is 8. The lowest BCUT2D eigenvalue weighted by Gasteiger charge is -2.14. The van der Waals surface area contributed by atoms with Crippen LogP contribution in [-0.4, -0.2) is 46.6 Å². The number of carboxylic acids is 2. The first kappa shape index (κ1) is 21.8. The largest absolute Gasteiger partial charge is 0.483 e. The van der Waals surface area contributed by atoms with Crippen molar-refractivity contribution in [3.8, 4) is 5.75 Å². The van der Waals surface area contributed by atoms with E-state index in [9.17, 15) is 29.4 Å². The summed E-state index contributed by atoms with van der Waals surface area (Å²) in [5, 5.41) is 25.4. The molecule has 9 nitrogen and oxygen atoms in total. The third-order valence-electron chi connectivity index (χ3n) is 5.08. The van der Waals surface area contributed by atoms with Crippen LogP contribution >= 0.6 is 0 Å². The molecular weight excluding hydrogens is 428 g/mol. The van der Waals surface area contributed by atoms with Crippen molar-refractivity contribution in [3.05, 3.63) is 71.3 Å². The molecule has 3 aromatic carbocycles. The van der Waals surface area contributed by atoms with E-state index < -0.39 is 17.8 Å². The van der Waals surface area contributed by atoms with Gasteiger partial charge in [0.15, 0.2) is 6.61 Å². The number of nitrogens with one attached hydrogen (secondary N) is 2. The van der Waals surface area contributed by atoms with Crippen LogP contribution in [0.25, 0.3) is 10.8 Å². The van der Waals surface area contributed by atoms with Gasteiger partial charge in [0.2, 0.25) is 0 Å². The van der Waals surface area contributed by atoms with Crippen LogP contribution in [-0.2, 0) is 4.79 Å². The normalized spacial score (nSPS) is 12.7. The second-order valence-electron chi connectivity index (χ2n) is 7.69. The van der Waals surface area contributed by atoms with Gasteiger partial charge in [-0.1, -0.05) is 24.3 Å². The van der Waals surface area contributed by atoms with E-state index in [4.69, 9.17) is 4.74 Å². The van der Waals surface area contributed by atoms with E-state index in [1.807, 2.05) is 24.3 Å². The third kappa shape index (κ3) is 5.27. The maximum atomic E-state index is 13.1. The van der Waals surface area contributed by atoms with E-state index >= 15 is 0 Å². The Bertz CT molecular complexity index is 1250. The quantitative estimate of drug-likeness (QED) is 0.415. The van der Waals surface area contributed by atoms with Crippen LogP contribution in [0.3, 0.4) is 0 Å². The number of fused-ring (bicyclic) bond motifs is 1. The smallest absolute Gasteiger partial charge is 0.335 e. The zero-order valence-corrected chi connectivity index (χ0v) is 17.3. The van der Waals surface area contributed by atoms with Gasteiger partial charge in [0, 0.05) is 11.7 Å². The van der Waals surface area contributed by atoms with E-state index in [1.54, 1.807) is 12.1 Å². The first-order valence-electron chi connectivity index (χ1n) is 10.2. The van der Waals surface area contributed by atoms with Gasteiger partial charge in [-0.3, -0.25) is 9.59 Å². The van der Waals surface area contributed by atoms with Gasteiger partial charge in [0.1, 0.15) is 5.75 Å². The number of anilines is 1. The molecule has 0 saturated heterocycles. The first-order valence-corrected chi connectivity index (χ1v) is 10.2. The fourth-order valence-electron chi connectivity index (χ4n) is 3.30. The molecule has 9 heteroatoms. The summed E-state index contributed by atoms with van der Waals surface area (Å²) in [4.78, 5) is 47.8. The molecule has 4 rings (SSSR count). The Morgan fingerprint density at radius 1 is 0.879 bits per heavy atom. The monoisotopic (exact) mass is 448 g/mol. The van der Waals surface area contributed by atoms with Crippen molar-refractivity contribution in [2.75, 3.05) is 11.9 Å². The average Bonchev–Trinajstić information content (AvgIpc) is 3.60. The number of carbonyl (C=O) groups excluding carboxylic acids is 2. The molecule has 4 N–H and O–H groups in total. The van der Waals surface area contributed by atoms with Gasteiger partial charge >= 0.3 is 11.9 Å². The van der Waals surface area contributed by atoms with Crippen LogP contribution in [0.15, 0.2) is 54.6 Å². The van der Waals surface area contributed by atoms with Crippen LogP contribution < -0.4 is 15.4 Å². The van der Waals surface area contributed by atoms with E-state index in [-0.39, 0.29) is 46.7 Å². The lowest BCUT2D eigenvalue weighted by atomic mass is 10.0. The third-order valence-corrected chi connectivity index (χ3v) is 5.08. The molecular formula is C24H20N2O7. The maximum absolute atomic E-state index is 13.1. The molecule has 1 aliphatic carbocycles. The van der Waals surface area contributed by atoms with E-state index in [0.717, 1.165) is 41.8 Å². The Balaban J connectivity index is 1.64. The van der Waals surface area contributed by atoms with Crippen molar-refractivity contribution < 1.29 is 34.1 Å². The maximum Gasteiger partial charge on any atom is 0.335 e. The van der Waals surface area contributed by atoms with Gasteiger partial charge in [-0.05, 0) is 53.9 Å². The van der Waals surface area contributed by atoms with E-state index in [2.05, 4.69) is 10.6 Å². The van der Waals surface area contributed by atoms with Crippen LogP contribution in [0.4, 0.5) is 5.69 Å². The summed E-state index contributed by atoms with van der Waals surface area (Å²) in [5.74, 6) is -3.42. The highest BCUT2D eigenvalue weighted by molar-refractivity contribution is 6.09. The number of carbonyl (C=O) groups is 4. The summed E-state index contributed by atoms with van der Waals surface area (Å²) < 4.78 is 5.66. The SMILES string of the molecule is O=C(COc1cc2ccccc2cc1C(=O)Nc1cc(C(=O)O)cc(C(=O)O)c1)NC1CC1. The van der Waals surface area contributed by atoms with Gasteiger partial charge in [-0.15, -0.1) is 0 Å². The molecule has 0 bridgehead atoms. The summed E-state index contributed by atoms with van der Waals surface area (Å²) in [7, 11) is 0. The van der Waals surface area contributed by atoms with Crippen LogP contribution in [0.1, 0.15) is 43.9 Å². The number of carboxylic acid groups (broad SMARTS) is 2. The van der Waals surface area contributed by atoms with Crippen molar-refractivity contribution >= 4 is 40.2 Å². The number of hydrogen-bond acceptors (Lipinski definition) is 5. The van der Waals surface area contributed by atoms with Gasteiger partial charge in [0.05, 0.1) is 16.7 Å². The van der Waals surface area contributed by atoms with Crippen molar-refractivity contribution in [2.24, 2.45) is 0 Å². The molecule has 0 radical (unpaired) electrons. The summed E-state index contributed by atoms with van der Waals surface area (Å²) in [6, 6.07) is 14.0. The van der Waals surface area contributed by atoms with Gasteiger partial charge in [-0.25, -0.2) is 9.59 Å². The van der Waals surface area contributed by atoms with Crippen molar-refractivity contribution in [1.29, 1.82) is 0 Å². The molecule has 3 aromatic rings. The highest BCUT2D eigenvalue weighted by Crippen LogP contribution is 2.28.